The van der Waals surface area contributed by atoms with E-state index in [1.807, 2.05) is 0 Å². The van der Waals surface area contributed by atoms with Gasteiger partial charge in [0.05, 0.1) is 0 Å². The van der Waals surface area contributed by atoms with Crippen LogP contribution in [0.15, 0.2) is 388 Å². The van der Waals surface area contributed by atoms with Crippen molar-refractivity contribution in [2.24, 2.45) is 0 Å². The van der Waals surface area contributed by atoms with Gasteiger partial charge in [0.15, 0.2) is 0 Å². The monoisotopic (exact) mass is 1270 g/mol. The zero-order valence-corrected chi connectivity index (χ0v) is 55.0. The molecule has 0 unspecified atom stereocenters. The molecule has 0 N–H and O–H groups in total. The van der Waals surface area contributed by atoms with Crippen LogP contribution in [0.5, 0.6) is 0 Å². The Kier molecular flexibility index (Phi) is 15.4. The fourth-order valence-corrected chi connectivity index (χ4v) is 15.5. The smallest absolute Gasteiger partial charge is 0.247 e. The maximum absolute atomic E-state index is 2.50. The predicted octanol–water partition coefficient (Wildman–Crippen LogP) is 21.0. The van der Waals surface area contributed by atoms with E-state index >= 15 is 0 Å². The van der Waals surface area contributed by atoms with Crippen molar-refractivity contribution in [2.45, 2.75) is 0 Å². The fraction of sp³-hybridized carbons (Fsp3) is 0. The van der Waals surface area contributed by atoms with E-state index in [1.165, 1.54) is 76.8 Å². The Morgan fingerprint density at radius 3 is 0.920 bits per heavy atom. The molecule has 100 heavy (non-hydrogen) atoms. The minimum Gasteiger partial charge on any atom is -0.312 e. The highest BCUT2D eigenvalue weighted by molar-refractivity contribution is 7.00. The van der Waals surface area contributed by atoms with E-state index in [9.17, 15) is 0 Å². The summed E-state index contributed by atoms with van der Waals surface area (Å²) in [6.07, 6.45) is 4.43. The summed E-state index contributed by atoms with van der Waals surface area (Å²) in [7, 11) is 0. The van der Waals surface area contributed by atoms with Gasteiger partial charge in [-0.15, -0.1) is 0 Å². The van der Waals surface area contributed by atoms with Crippen molar-refractivity contribution in [1.82, 2.24) is 0 Å². The highest BCUT2D eigenvalue weighted by Gasteiger charge is 2.39. The van der Waals surface area contributed by atoms with E-state index in [-0.39, 0.29) is 13.4 Å². The normalized spacial score (nSPS) is 12.3. The first-order valence-corrected chi connectivity index (χ1v) is 34.5. The molecule has 0 aliphatic carbocycles. The minimum absolute atomic E-state index is 0.0582. The number of anilines is 12. The van der Waals surface area contributed by atoms with Crippen molar-refractivity contribution in [3.63, 3.8) is 0 Å². The fourth-order valence-electron chi connectivity index (χ4n) is 15.5. The molecule has 0 amide bonds. The first kappa shape index (κ1) is 59.6. The lowest BCUT2D eigenvalue weighted by Gasteiger charge is -2.38. The summed E-state index contributed by atoms with van der Waals surface area (Å²) in [5, 5.41) is 4.98. The average molecular weight is 1270 g/mol. The third-order valence-electron chi connectivity index (χ3n) is 20.2. The van der Waals surface area contributed by atoms with Crippen LogP contribution < -0.4 is 52.4 Å². The van der Waals surface area contributed by atoms with Crippen LogP contribution in [0.2, 0.25) is 0 Å². The third kappa shape index (κ3) is 11.0. The molecule has 2 aliphatic heterocycles. The molecule has 0 bridgehead atoms. The van der Waals surface area contributed by atoms with Gasteiger partial charge in [-0.1, -0.05) is 290 Å². The Bertz CT molecular complexity index is 5580. The Labute approximate surface area is 585 Å². The second-order valence-corrected chi connectivity index (χ2v) is 26.0. The topological polar surface area (TPSA) is 13.0 Å². The summed E-state index contributed by atoms with van der Waals surface area (Å²) >= 11 is 0. The summed E-state index contributed by atoms with van der Waals surface area (Å²) in [5.74, 6) is 0. The van der Waals surface area contributed by atoms with Crippen LogP contribution in [0.25, 0.3) is 56.0 Å². The maximum Gasteiger partial charge on any atom is 0.247 e. The molecular formula is C94H66B2N4. The summed E-state index contributed by atoms with van der Waals surface area (Å²) < 4.78 is 0. The van der Waals surface area contributed by atoms with Crippen LogP contribution >= 0.6 is 0 Å². The number of hydrogen-bond acceptors (Lipinski definition) is 4. The van der Waals surface area contributed by atoms with Gasteiger partial charge >= 0.3 is 0 Å². The van der Waals surface area contributed by atoms with Crippen molar-refractivity contribution >= 4 is 148 Å². The van der Waals surface area contributed by atoms with Gasteiger partial charge in [0.2, 0.25) is 13.4 Å². The zero-order chi connectivity index (χ0) is 66.3. The van der Waals surface area contributed by atoms with Crippen LogP contribution in [-0.4, -0.2) is 13.4 Å². The molecular weight excluding hydrogens is 1210 g/mol. The molecule has 0 aromatic heterocycles. The summed E-state index contributed by atoms with van der Waals surface area (Å²) in [5.41, 5.74) is 28.1. The molecule has 0 fully saturated rings. The quantitative estimate of drug-likeness (QED) is 0.0795. The average Bonchev–Trinajstić information content (AvgIpc) is 0.727. The first-order chi connectivity index (χ1) is 49.6. The van der Waals surface area contributed by atoms with Crippen LogP contribution in [-0.2, 0) is 0 Å². The van der Waals surface area contributed by atoms with Gasteiger partial charge in [-0.05, 0) is 198 Å². The van der Waals surface area contributed by atoms with E-state index in [0.717, 1.165) is 79.1 Å². The van der Waals surface area contributed by atoms with Crippen molar-refractivity contribution in [1.29, 1.82) is 0 Å². The number of fused-ring (bicyclic) bond motifs is 6. The standard InChI is InChI=1S/C94H66B2N4/c1-5-27-75(28-6-1)97(76-29-7-2-8-30-76)79-55-45-67(46-56-79)43-44-68-47-57-81(58-48-68)99-91-41-19-17-37-87(91)95(85-39-21-25-71-23-13-15-35-83(71)85)89-65-73(53-63-93(89)99)74-54-64-94-90(66-74)96(86-40-22-26-72-24-14-16-36-84(72)86)88-38-18-20-42-92(88)100(94)82-61-51-70(52-62-82)69-49-59-80(60-50-69)98(77-31-9-3-10-32-77)78-33-11-4-12-34-78/h1-66H. The van der Waals surface area contributed by atoms with Crippen molar-refractivity contribution in [2.75, 3.05) is 19.6 Å². The second kappa shape index (κ2) is 25.9. The largest absolute Gasteiger partial charge is 0.312 e. The lowest BCUT2D eigenvalue weighted by molar-refractivity contribution is 1.28. The summed E-state index contributed by atoms with van der Waals surface area (Å²) in [6.45, 7) is -0.118. The number of hydrogen-bond donors (Lipinski definition) is 0. The molecule has 0 atom stereocenters. The van der Waals surface area contributed by atoms with Gasteiger partial charge in [-0.25, -0.2) is 0 Å². The Balaban J connectivity index is 0.722. The van der Waals surface area contributed by atoms with E-state index in [2.05, 4.69) is 420 Å². The molecule has 0 saturated carbocycles. The minimum atomic E-state index is -0.0600. The molecule has 2 heterocycles. The van der Waals surface area contributed by atoms with Gasteiger partial charge in [-0.3, -0.25) is 0 Å². The number of nitrogens with zero attached hydrogens (tertiary/aromatic N) is 4. The molecule has 16 aromatic rings. The van der Waals surface area contributed by atoms with Gasteiger partial charge in [-0.2, -0.15) is 0 Å². The van der Waals surface area contributed by atoms with Crippen LogP contribution in [0.4, 0.5) is 68.2 Å². The molecule has 2 aliphatic rings. The van der Waals surface area contributed by atoms with Gasteiger partial charge in [0.25, 0.3) is 0 Å². The van der Waals surface area contributed by atoms with Crippen LogP contribution in [0.1, 0.15) is 11.1 Å². The van der Waals surface area contributed by atoms with Crippen molar-refractivity contribution in [3.05, 3.63) is 399 Å². The third-order valence-corrected chi connectivity index (χ3v) is 20.2. The number of benzene rings is 16. The van der Waals surface area contributed by atoms with Crippen LogP contribution in [0, 0.1) is 0 Å². The molecule has 4 nitrogen and oxygen atoms in total. The highest BCUT2D eigenvalue weighted by Crippen LogP contribution is 2.43. The molecule has 0 radical (unpaired) electrons. The van der Waals surface area contributed by atoms with Crippen LogP contribution in [0.3, 0.4) is 0 Å². The van der Waals surface area contributed by atoms with Crippen molar-refractivity contribution in [3.8, 4) is 22.3 Å². The van der Waals surface area contributed by atoms with E-state index in [4.69, 9.17) is 0 Å². The second-order valence-electron chi connectivity index (χ2n) is 26.0. The highest BCUT2D eigenvalue weighted by atomic mass is 15.2. The first-order valence-electron chi connectivity index (χ1n) is 34.5. The zero-order valence-electron chi connectivity index (χ0n) is 55.0. The van der Waals surface area contributed by atoms with Crippen molar-refractivity contribution < 1.29 is 0 Å². The molecule has 468 valence electrons. The molecule has 6 heteroatoms. The summed E-state index contributed by atoms with van der Waals surface area (Å²) in [4.78, 5) is 9.58. The number of rotatable bonds is 14. The van der Waals surface area contributed by atoms with E-state index in [1.54, 1.807) is 0 Å². The summed E-state index contributed by atoms with van der Waals surface area (Å²) in [6, 6.07) is 142. The maximum atomic E-state index is 2.50. The Morgan fingerprint density at radius 1 is 0.210 bits per heavy atom. The molecule has 16 aromatic carbocycles. The molecule has 0 spiro atoms. The lowest BCUT2D eigenvalue weighted by Crippen LogP contribution is -2.57. The van der Waals surface area contributed by atoms with Gasteiger partial charge in [0.1, 0.15) is 0 Å². The predicted molar refractivity (Wildman–Crippen MR) is 429 cm³/mol. The van der Waals surface area contributed by atoms with Gasteiger partial charge < -0.3 is 19.6 Å². The van der Waals surface area contributed by atoms with Gasteiger partial charge in [0, 0.05) is 68.2 Å². The van der Waals surface area contributed by atoms with E-state index < -0.39 is 0 Å². The SMILES string of the molecule is C(=Cc1ccc(N2c3ccccc3B(c3cccc4ccccc34)c3cc(-c4ccc5c(c4)B(c4cccc6ccccc46)c4ccccc4N5c4ccc(-c5ccc(N(c6ccccc6)c6ccccc6)cc5)cc4)ccc32)cc1)c1ccc(N(c2ccccc2)c2ccccc2)cc1. The Morgan fingerprint density at radius 2 is 0.500 bits per heavy atom. The number of para-hydroxylation sites is 6. The molecule has 18 rings (SSSR count). The Hall–Kier alpha value is -12.9. The lowest BCUT2D eigenvalue weighted by atomic mass is 9.34. The molecule has 0 saturated heterocycles. The van der Waals surface area contributed by atoms with E-state index in [0.29, 0.717) is 0 Å².